The molecule has 13 rings (SSSR count). The number of rotatable bonds is 4. The minimum absolute atomic E-state index is 0.967. The van der Waals surface area contributed by atoms with Gasteiger partial charge in [-0.1, -0.05) is 115 Å². The zero-order chi connectivity index (χ0) is 37.9. The Morgan fingerprint density at radius 1 is 0.397 bits per heavy atom. The van der Waals surface area contributed by atoms with E-state index >= 15 is 0 Å². The molecule has 272 valence electrons. The number of hydrogen-bond donors (Lipinski definition) is 0. The SMILES string of the molecule is C1=Cc2c(c3ccc4c(c5ccccc5n4-c4ccc5c(c4)-c4cc(-c6ccccc6)ccc4C5)c3n2-c2ccc3c(c2)c2ccccc2n3-c2ccccc2)CC1. The molecule has 0 fully saturated rings. The van der Waals surface area contributed by atoms with Gasteiger partial charge in [0.2, 0.25) is 0 Å². The normalized spacial score (nSPS) is 13.2. The maximum absolute atomic E-state index is 2.57. The molecule has 3 heterocycles. The molecule has 3 heteroatoms. The first-order chi connectivity index (χ1) is 28.8. The largest absolute Gasteiger partial charge is 0.309 e. The van der Waals surface area contributed by atoms with Gasteiger partial charge in [-0.25, -0.2) is 0 Å². The molecular formula is C55H37N3. The van der Waals surface area contributed by atoms with Crippen molar-refractivity contribution < 1.29 is 0 Å². The minimum atomic E-state index is 0.967. The fourth-order valence-corrected chi connectivity index (χ4v) is 10.4. The molecule has 0 spiro atoms. The lowest BCUT2D eigenvalue weighted by Crippen LogP contribution is -2.01. The van der Waals surface area contributed by atoms with Gasteiger partial charge in [-0.15, -0.1) is 0 Å². The Morgan fingerprint density at radius 3 is 1.88 bits per heavy atom. The molecule has 11 aromatic rings. The van der Waals surface area contributed by atoms with Gasteiger partial charge in [0.15, 0.2) is 0 Å². The van der Waals surface area contributed by atoms with Gasteiger partial charge in [0, 0.05) is 49.7 Å². The van der Waals surface area contributed by atoms with Gasteiger partial charge in [0.05, 0.1) is 27.6 Å². The quantitative estimate of drug-likeness (QED) is 0.171. The standard InChI is InChI=1S/C55H37N3/c1-3-13-35(14-4-1)36-23-24-37-31-38-25-26-40(33-47(38)46(37)32-36)57-51-22-12-9-19-45(51)54-53(57)30-28-44-42-17-7-11-21-50(42)58(55(44)54)41-27-29-52-48(34-41)43-18-8-10-20-49(43)56(52)39-15-5-2-6-16-39/h1-6,8-16,18-30,32-34H,7,17,31H2. The Hall–Kier alpha value is -7.36. The third-order valence-electron chi connectivity index (χ3n) is 12.9. The summed E-state index contributed by atoms with van der Waals surface area (Å²) >= 11 is 0. The van der Waals surface area contributed by atoms with E-state index in [2.05, 4.69) is 202 Å². The van der Waals surface area contributed by atoms with Gasteiger partial charge >= 0.3 is 0 Å². The van der Waals surface area contributed by atoms with Gasteiger partial charge in [-0.05, 0) is 131 Å². The fraction of sp³-hybridized carbons (Fsp3) is 0.0545. The number of aryl methyl sites for hydroxylation is 1. The van der Waals surface area contributed by atoms with E-state index in [-0.39, 0.29) is 0 Å². The van der Waals surface area contributed by atoms with Crippen LogP contribution in [0.25, 0.3) is 99.9 Å². The molecule has 3 aromatic heterocycles. The highest BCUT2D eigenvalue weighted by molar-refractivity contribution is 6.22. The van der Waals surface area contributed by atoms with E-state index in [0.29, 0.717) is 0 Å². The fourth-order valence-electron chi connectivity index (χ4n) is 10.4. The summed E-state index contributed by atoms with van der Waals surface area (Å²) in [4.78, 5) is 0. The van der Waals surface area contributed by atoms with Crippen LogP contribution in [0.2, 0.25) is 0 Å². The van der Waals surface area contributed by atoms with E-state index in [1.165, 1.54) is 116 Å². The second kappa shape index (κ2) is 12.1. The molecule has 0 saturated carbocycles. The van der Waals surface area contributed by atoms with Crippen molar-refractivity contribution in [2.75, 3.05) is 0 Å². The van der Waals surface area contributed by atoms with E-state index in [0.717, 1.165) is 19.3 Å². The molecule has 0 atom stereocenters. The molecule has 0 saturated heterocycles. The van der Waals surface area contributed by atoms with Crippen LogP contribution in [-0.4, -0.2) is 13.7 Å². The van der Waals surface area contributed by atoms with Crippen LogP contribution in [-0.2, 0) is 12.8 Å². The summed E-state index contributed by atoms with van der Waals surface area (Å²) in [5, 5.41) is 6.45. The minimum Gasteiger partial charge on any atom is -0.309 e. The van der Waals surface area contributed by atoms with Crippen LogP contribution in [0.15, 0.2) is 182 Å². The van der Waals surface area contributed by atoms with Crippen molar-refractivity contribution >= 4 is 60.6 Å². The Morgan fingerprint density at radius 2 is 1.03 bits per heavy atom. The Labute approximate surface area is 336 Å². The van der Waals surface area contributed by atoms with Gasteiger partial charge in [-0.2, -0.15) is 0 Å². The Bertz CT molecular complexity index is 3520. The molecule has 58 heavy (non-hydrogen) atoms. The zero-order valence-corrected chi connectivity index (χ0v) is 31.9. The highest BCUT2D eigenvalue weighted by Crippen LogP contribution is 2.45. The summed E-state index contributed by atoms with van der Waals surface area (Å²) in [7, 11) is 0. The number of hydrogen-bond acceptors (Lipinski definition) is 0. The van der Waals surface area contributed by atoms with Crippen molar-refractivity contribution in [1.29, 1.82) is 0 Å². The number of benzene rings is 8. The lowest BCUT2D eigenvalue weighted by atomic mass is 9.98. The molecule has 0 aliphatic heterocycles. The van der Waals surface area contributed by atoms with E-state index in [1.54, 1.807) is 0 Å². The molecule has 2 aliphatic carbocycles. The van der Waals surface area contributed by atoms with Gasteiger partial charge in [0.25, 0.3) is 0 Å². The van der Waals surface area contributed by atoms with Gasteiger partial charge < -0.3 is 13.7 Å². The van der Waals surface area contributed by atoms with Crippen LogP contribution in [0, 0.1) is 0 Å². The van der Waals surface area contributed by atoms with Crippen molar-refractivity contribution in [2.24, 2.45) is 0 Å². The predicted octanol–water partition coefficient (Wildman–Crippen LogP) is 14.0. The molecule has 3 nitrogen and oxygen atoms in total. The van der Waals surface area contributed by atoms with Crippen molar-refractivity contribution in [2.45, 2.75) is 19.3 Å². The number of aromatic nitrogens is 3. The summed E-state index contributed by atoms with van der Waals surface area (Å²) in [5.74, 6) is 0. The Balaban J connectivity index is 1.06. The van der Waals surface area contributed by atoms with Crippen LogP contribution >= 0.6 is 0 Å². The van der Waals surface area contributed by atoms with Crippen molar-refractivity contribution in [3.8, 4) is 39.3 Å². The highest BCUT2D eigenvalue weighted by Gasteiger charge is 2.26. The summed E-state index contributed by atoms with van der Waals surface area (Å²) in [5.41, 5.74) is 20.5. The smallest absolute Gasteiger partial charge is 0.0637 e. The maximum atomic E-state index is 2.57. The topological polar surface area (TPSA) is 14.8 Å². The molecular weight excluding hydrogens is 703 g/mol. The summed E-state index contributed by atoms with van der Waals surface area (Å²) in [6.45, 7) is 0. The van der Waals surface area contributed by atoms with Gasteiger partial charge in [0.1, 0.15) is 0 Å². The summed E-state index contributed by atoms with van der Waals surface area (Å²) < 4.78 is 7.48. The molecule has 2 aliphatic rings. The molecule has 0 unspecified atom stereocenters. The molecule has 0 bridgehead atoms. The summed E-state index contributed by atoms with van der Waals surface area (Å²) in [6.07, 6.45) is 7.77. The predicted molar refractivity (Wildman–Crippen MR) is 243 cm³/mol. The first-order valence-electron chi connectivity index (χ1n) is 20.5. The van der Waals surface area contributed by atoms with E-state index in [1.807, 2.05) is 0 Å². The van der Waals surface area contributed by atoms with Crippen LogP contribution in [0.1, 0.15) is 28.8 Å². The third-order valence-corrected chi connectivity index (χ3v) is 12.9. The van der Waals surface area contributed by atoms with Crippen LogP contribution < -0.4 is 0 Å². The molecule has 0 amide bonds. The molecule has 0 radical (unpaired) electrons. The average molecular weight is 740 g/mol. The van der Waals surface area contributed by atoms with E-state index in [9.17, 15) is 0 Å². The number of allylic oxidation sites excluding steroid dienone is 1. The van der Waals surface area contributed by atoms with E-state index in [4.69, 9.17) is 0 Å². The van der Waals surface area contributed by atoms with Crippen molar-refractivity contribution in [3.05, 3.63) is 204 Å². The average Bonchev–Trinajstić information content (AvgIpc) is 4.02. The first-order valence-corrected chi connectivity index (χ1v) is 20.5. The summed E-state index contributed by atoms with van der Waals surface area (Å²) in [6, 6.07) is 65.4. The number of fused-ring (bicyclic) bond motifs is 13. The second-order valence-electron chi connectivity index (χ2n) is 16.0. The van der Waals surface area contributed by atoms with Crippen LogP contribution in [0.5, 0.6) is 0 Å². The third kappa shape index (κ3) is 4.44. The Kier molecular flexibility index (Phi) is 6.62. The zero-order valence-electron chi connectivity index (χ0n) is 31.9. The van der Waals surface area contributed by atoms with Crippen molar-refractivity contribution in [1.82, 2.24) is 13.7 Å². The van der Waals surface area contributed by atoms with E-state index < -0.39 is 0 Å². The lowest BCUT2D eigenvalue weighted by molar-refractivity contribution is 0.968. The number of para-hydroxylation sites is 3. The van der Waals surface area contributed by atoms with Gasteiger partial charge in [-0.3, -0.25) is 0 Å². The molecule has 0 N–H and O–H groups in total. The first kappa shape index (κ1) is 31.8. The monoisotopic (exact) mass is 739 g/mol. The molecule has 8 aromatic carbocycles. The maximum Gasteiger partial charge on any atom is 0.0637 e. The number of nitrogens with zero attached hydrogens (tertiary/aromatic N) is 3. The van der Waals surface area contributed by atoms with Crippen LogP contribution in [0.3, 0.4) is 0 Å². The highest BCUT2D eigenvalue weighted by atomic mass is 15.0. The second-order valence-corrected chi connectivity index (χ2v) is 16.0. The lowest BCUT2D eigenvalue weighted by Gasteiger charge is -2.14. The van der Waals surface area contributed by atoms with Crippen molar-refractivity contribution in [3.63, 3.8) is 0 Å². The van der Waals surface area contributed by atoms with Crippen LogP contribution in [0.4, 0.5) is 0 Å².